The Morgan fingerprint density at radius 1 is 1.26 bits per heavy atom. The number of carbonyl (C=O) groups excluding carboxylic acids is 1. The average molecular weight is 308 g/mol. The molecule has 5 heteroatoms. The summed E-state index contributed by atoms with van der Waals surface area (Å²) >= 11 is 0. The molecule has 1 aromatic carbocycles. The molecule has 23 heavy (non-hydrogen) atoms. The molecule has 0 fully saturated rings. The van der Waals surface area contributed by atoms with E-state index >= 15 is 0 Å². The zero-order valence-corrected chi connectivity index (χ0v) is 13.8. The van der Waals surface area contributed by atoms with Crippen molar-refractivity contribution in [1.82, 2.24) is 9.99 Å². The molecule has 0 atom stereocenters. The van der Waals surface area contributed by atoms with Crippen LogP contribution in [-0.4, -0.2) is 16.7 Å². The van der Waals surface area contributed by atoms with Crippen LogP contribution in [0, 0.1) is 39.0 Å². The zero-order valence-electron chi connectivity index (χ0n) is 13.8. The minimum Gasteiger partial charge on any atom is -0.318 e. The van der Waals surface area contributed by atoms with Gasteiger partial charge in [0.25, 0.3) is 5.91 Å². The minimum absolute atomic E-state index is 0.195. The quantitative estimate of drug-likeness (QED) is 0.696. The maximum Gasteiger partial charge on any atom is 0.254 e. The van der Waals surface area contributed by atoms with Crippen molar-refractivity contribution in [2.75, 3.05) is 0 Å². The third-order valence-corrected chi connectivity index (χ3v) is 3.85. The number of rotatable bonds is 4. The number of benzene rings is 1. The van der Waals surface area contributed by atoms with Crippen molar-refractivity contribution in [3.05, 3.63) is 52.3 Å². The van der Waals surface area contributed by atoms with E-state index in [-0.39, 0.29) is 6.42 Å². The zero-order chi connectivity index (χ0) is 17.0. The van der Waals surface area contributed by atoms with Crippen molar-refractivity contribution in [2.45, 2.75) is 34.1 Å². The van der Waals surface area contributed by atoms with Crippen LogP contribution < -0.4 is 5.43 Å². The first kappa shape index (κ1) is 16.5. The fourth-order valence-corrected chi connectivity index (χ4v) is 2.47. The summed E-state index contributed by atoms with van der Waals surface area (Å²) < 4.78 is 2.16. The number of aryl methyl sites for hydroxylation is 3. The molecule has 1 heterocycles. The number of nitriles is 1. The van der Waals surface area contributed by atoms with E-state index in [1.807, 2.05) is 19.9 Å². The van der Waals surface area contributed by atoms with Crippen molar-refractivity contribution in [1.29, 1.82) is 5.26 Å². The van der Waals surface area contributed by atoms with Crippen LogP contribution in [0.5, 0.6) is 0 Å². The molecule has 118 valence electrons. The van der Waals surface area contributed by atoms with Gasteiger partial charge in [-0.25, -0.2) is 5.43 Å². The van der Waals surface area contributed by atoms with Crippen LogP contribution in [-0.2, 0) is 4.79 Å². The second-order valence-electron chi connectivity index (χ2n) is 5.56. The highest BCUT2D eigenvalue weighted by atomic mass is 16.2. The summed E-state index contributed by atoms with van der Waals surface area (Å²) in [4.78, 5) is 11.2. The molecule has 2 rings (SSSR count). The number of amides is 1. The molecular formula is C18H20N4O. The fraction of sp³-hybridized carbons (Fsp3) is 0.278. The highest BCUT2D eigenvalue weighted by Crippen LogP contribution is 2.21. The standard InChI is InChI=1S/C18H20N4O/c1-12-5-6-17(9-13(12)2)22-14(3)10-16(15(22)4)11-20-21-18(23)7-8-19/h5-6,9-11H,7H2,1-4H3,(H,21,23)/b20-11+. The summed E-state index contributed by atoms with van der Waals surface area (Å²) in [6.07, 6.45) is 1.41. The van der Waals surface area contributed by atoms with Gasteiger partial charge in [-0.15, -0.1) is 0 Å². The van der Waals surface area contributed by atoms with E-state index in [1.54, 1.807) is 12.3 Å². The van der Waals surface area contributed by atoms with Crippen molar-refractivity contribution < 1.29 is 4.79 Å². The lowest BCUT2D eigenvalue weighted by atomic mass is 10.1. The normalized spacial score (nSPS) is 10.7. The minimum atomic E-state index is -0.410. The molecule has 0 radical (unpaired) electrons. The van der Waals surface area contributed by atoms with Crippen molar-refractivity contribution >= 4 is 12.1 Å². The Labute approximate surface area is 136 Å². The molecule has 0 saturated heterocycles. The summed E-state index contributed by atoms with van der Waals surface area (Å²) in [5.74, 6) is -0.410. The lowest BCUT2D eigenvalue weighted by molar-refractivity contribution is -0.120. The van der Waals surface area contributed by atoms with E-state index in [4.69, 9.17) is 5.26 Å². The highest BCUT2D eigenvalue weighted by Gasteiger charge is 2.10. The Morgan fingerprint density at radius 2 is 2.00 bits per heavy atom. The van der Waals surface area contributed by atoms with Gasteiger partial charge in [0, 0.05) is 22.6 Å². The molecule has 5 nitrogen and oxygen atoms in total. The van der Waals surface area contributed by atoms with E-state index in [0.717, 1.165) is 22.6 Å². The van der Waals surface area contributed by atoms with Crippen molar-refractivity contribution in [3.63, 3.8) is 0 Å². The van der Waals surface area contributed by atoms with Gasteiger partial charge in [-0.05, 0) is 57.0 Å². The second kappa shape index (κ2) is 6.93. The molecule has 2 aromatic rings. The third-order valence-electron chi connectivity index (χ3n) is 3.85. The summed E-state index contributed by atoms with van der Waals surface area (Å²) in [5.41, 5.74) is 9.02. The van der Waals surface area contributed by atoms with Gasteiger partial charge >= 0.3 is 0 Å². The van der Waals surface area contributed by atoms with Gasteiger partial charge in [0.05, 0.1) is 12.3 Å². The van der Waals surface area contributed by atoms with Gasteiger partial charge in [-0.3, -0.25) is 4.79 Å². The van der Waals surface area contributed by atoms with Crippen LogP contribution in [0.25, 0.3) is 5.69 Å². The Morgan fingerprint density at radius 3 is 2.65 bits per heavy atom. The first-order valence-electron chi connectivity index (χ1n) is 7.39. The molecular weight excluding hydrogens is 288 g/mol. The molecule has 0 bridgehead atoms. The Balaban J connectivity index is 2.29. The summed E-state index contributed by atoms with van der Waals surface area (Å²) in [6.45, 7) is 8.24. The van der Waals surface area contributed by atoms with Gasteiger partial charge < -0.3 is 4.57 Å². The van der Waals surface area contributed by atoms with Crippen molar-refractivity contribution in [3.8, 4) is 11.8 Å². The Kier molecular flexibility index (Phi) is 4.97. The van der Waals surface area contributed by atoms with Crippen LogP contribution in [0.2, 0.25) is 0 Å². The maximum absolute atomic E-state index is 11.2. The lowest BCUT2D eigenvalue weighted by Crippen LogP contribution is -2.16. The lowest BCUT2D eigenvalue weighted by Gasteiger charge is -2.11. The number of nitrogens with zero attached hydrogens (tertiary/aromatic N) is 3. The van der Waals surface area contributed by atoms with E-state index in [0.29, 0.717) is 0 Å². The molecule has 1 aromatic heterocycles. The van der Waals surface area contributed by atoms with E-state index in [9.17, 15) is 4.79 Å². The van der Waals surface area contributed by atoms with E-state index in [1.165, 1.54) is 11.1 Å². The van der Waals surface area contributed by atoms with E-state index < -0.39 is 5.91 Å². The molecule has 1 amide bonds. The number of hydrogen-bond acceptors (Lipinski definition) is 3. The first-order chi connectivity index (χ1) is 10.9. The predicted molar refractivity (Wildman–Crippen MR) is 90.7 cm³/mol. The maximum atomic E-state index is 11.2. The molecule has 1 N–H and O–H groups in total. The van der Waals surface area contributed by atoms with Gasteiger partial charge in [-0.1, -0.05) is 6.07 Å². The van der Waals surface area contributed by atoms with Gasteiger partial charge in [0.15, 0.2) is 0 Å². The Bertz CT molecular complexity index is 809. The fourth-order valence-electron chi connectivity index (χ4n) is 2.47. The van der Waals surface area contributed by atoms with Crippen LogP contribution >= 0.6 is 0 Å². The van der Waals surface area contributed by atoms with Crippen LogP contribution in [0.3, 0.4) is 0 Å². The molecule has 0 aliphatic heterocycles. The number of hydrogen-bond donors (Lipinski definition) is 1. The predicted octanol–water partition coefficient (Wildman–Crippen LogP) is 3.07. The van der Waals surface area contributed by atoms with Crippen molar-refractivity contribution in [2.24, 2.45) is 5.10 Å². The topological polar surface area (TPSA) is 70.2 Å². The molecule has 0 spiro atoms. The number of hydrazone groups is 1. The molecule has 0 aliphatic rings. The van der Waals surface area contributed by atoms with Crippen LogP contribution in [0.1, 0.15) is 34.5 Å². The third kappa shape index (κ3) is 3.67. The van der Waals surface area contributed by atoms with Gasteiger partial charge in [0.1, 0.15) is 6.42 Å². The SMILES string of the molecule is Cc1ccc(-n2c(C)cc(/C=N/NC(=O)CC#N)c2C)cc1C. The monoisotopic (exact) mass is 308 g/mol. The Hall–Kier alpha value is -2.87. The largest absolute Gasteiger partial charge is 0.318 e. The second-order valence-corrected chi connectivity index (χ2v) is 5.56. The van der Waals surface area contributed by atoms with Gasteiger partial charge in [0.2, 0.25) is 0 Å². The van der Waals surface area contributed by atoms with E-state index in [2.05, 4.69) is 47.1 Å². The average Bonchev–Trinajstić information content (AvgIpc) is 2.77. The summed E-state index contributed by atoms with van der Waals surface area (Å²) in [6, 6.07) is 10.2. The molecule has 0 unspecified atom stereocenters. The van der Waals surface area contributed by atoms with Crippen LogP contribution in [0.4, 0.5) is 0 Å². The number of carbonyl (C=O) groups is 1. The van der Waals surface area contributed by atoms with Crippen LogP contribution in [0.15, 0.2) is 29.4 Å². The number of aromatic nitrogens is 1. The number of nitrogens with one attached hydrogen (secondary N) is 1. The molecule has 0 aliphatic carbocycles. The molecule has 0 saturated carbocycles. The van der Waals surface area contributed by atoms with Gasteiger partial charge in [-0.2, -0.15) is 10.4 Å². The summed E-state index contributed by atoms with van der Waals surface area (Å²) in [5, 5.41) is 12.4. The summed E-state index contributed by atoms with van der Waals surface area (Å²) in [7, 11) is 0. The smallest absolute Gasteiger partial charge is 0.254 e. The highest BCUT2D eigenvalue weighted by molar-refractivity contribution is 5.84. The first-order valence-corrected chi connectivity index (χ1v) is 7.39.